The Hall–Kier alpha value is -2.52. The first-order chi connectivity index (χ1) is 11.4. The van der Waals surface area contributed by atoms with Crippen LogP contribution in [0.1, 0.15) is 25.7 Å². The molecule has 0 aliphatic heterocycles. The summed E-state index contributed by atoms with van der Waals surface area (Å²) in [5.74, 6) is -0.147. The van der Waals surface area contributed by atoms with Gasteiger partial charge in [-0.1, -0.05) is 17.5 Å². The fraction of sp³-hybridized carbons (Fsp3) is 0.294. The Labute approximate surface area is 143 Å². The summed E-state index contributed by atoms with van der Waals surface area (Å²) in [5, 5.41) is 11.6. The second kappa shape index (κ2) is 7.84. The molecule has 24 heavy (non-hydrogen) atoms. The third-order valence-corrected chi connectivity index (χ3v) is 3.88. The quantitative estimate of drug-likeness (QED) is 0.797. The number of hydrogen-bond acceptors (Lipinski definition) is 3. The summed E-state index contributed by atoms with van der Waals surface area (Å²) in [6, 6.07) is 2.22. The number of rotatable bonds is 5. The highest BCUT2D eigenvalue weighted by Gasteiger charge is 2.24. The molecule has 0 fully saturated rings. The molecule has 126 valence electrons. The Bertz CT molecular complexity index is 752. The van der Waals surface area contributed by atoms with Gasteiger partial charge < -0.3 is 15.2 Å². The summed E-state index contributed by atoms with van der Waals surface area (Å²) in [6.07, 6.45) is 7.16. The van der Waals surface area contributed by atoms with E-state index >= 15 is 0 Å². The van der Waals surface area contributed by atoms with Crippen molar-refractivity contribution in [1.29, 1.82) is 0 Å². The fourth-order valence-electron chi connectivity index (χ4n) is 2.44. The summed E-state index contributed by atoms with van der Waals surface area (Å²) >= 11 is 5.85. The average molecular weight is 352 g/mol. The highest BCUT2D eigenvalue weighted by molar-refractivity contribution is 6.32. The topological polar surface area (TPSA) is 75.6 Å². The van der Waals surface area contributed by atoms with Gasteiger partial charge in [0.2, 0.25) is 0 Å². The number of hydrogen-bond donors (Lipinski definition) is 2. The van der Waals surface area contributed by atoms with Crippen molar-refractivity contribution in [3.63, 3.8) is 0 Å². The molecule has 2 N–H and O–H groups in total. The molecule has 0 aromatic heterocycles. The Morgan fingerprint density at radius 2 is 2.00 bits per heavy atom. The lowest BCUT2D eigenvalue weighted by atomic mass is 9.91. The number of anilines is 1. The predicted molar refractivity (Wildman–Crippen MR) is 87.5 cm³/mol. The van der Waals surface area contributed by atoms with E-state index in [1.165, 1.54) is 6.07 Å². The monoisotopic (exact) mass is 351 g/mol. The van der Waals surface area contributed by atoms with E-state index in [0.717, 1.165) is 6.07 Å². The van der Waals surface area contributed by atoms with Crippen LogP contribution in [-0.2, 0) is 9.59 Å². The summed E-state index contributed by atoms with van der Waals surface area (Å²) in [5.41, 5.74) is 0.0744. The number of halogens is 2. The minimum atomic E-state index is -1.13. The molecule has 1 aliphatic carbocycles. The van der Waals surface area contributed by atoms with E-state index in [1.807, 2.05) is 0 Å². The molecule has 0 bridgehead atoms. The van der Waals surface area contributed by atoms with E-state index in [2.05, 4.69) is 11.2 Å². The lowest BCUT2D eigenvalue weighted by molar-refractivity contribution is -0.133. The van der Waals surface area contributed by atoms with Crippen LogP contribution in [0, 0.1) is 18.2 Å². The number of carbonyl (C=O) groups excluding carboxylic acids is 1. The number of carboxylic acid groups (broad SMARTS) is 1. The van der Waals surface area contributed by atoms with Crippen molar-refractivity contribution >= 4 is 29.2 Å². The average Bonchev–Trinajstić information content (AvgIpc) is 2.56. The zero-order chi connectivity index (χ0) is 17.7. The summed E-state index contributed by atoms with van der Waals surface area (Å²) < 4.78 is 19.2. The first-order valence-corrected chi connectivity index (χ1v) is 7.63. The SMILES string of the molecule is C#CCOc1cc(NC(=O)C2=C(C(=O)O)CCCC2)c(F)cc1Cl. The Kier molecular flexibility index (Phi) is 5.83. The molecular weight excluding hydrogens is 337 g/mol. The molecular formula is C17H15ClFNO4. The van der Waals surface area contributed by atoms with Gasteiger partial charge in [0.05, 0.1) is 10.7 Å². The smallest absolute Gasteiger partial charge is 0.332 e. The lowest BCUT2D eigenvalue weighted by Crippen LogP contribution is -2.21. The Morgan fingerprint density at radius 3 is 2.62 bits per heavy atom. The van der Waals surface area contributed by atoms with Gasteiger partial charge in [0.15, 0.2) is 0 Å². The van der Waals surface area contributed by atoms with Crippen LogP contribution >= 0.6 is 11.6 Å². The van der Waals surface area contributed by atoms with Crippen LogP contribution in [0.15, 0.2) is 23.3 Å². The third-order valence-electron chi connectivity index (χ3n) is 3.58. The molecule has 0 saturated heterocycles. The molecule has 0 heterocycles. The van der Waals surface area contributed by atoms with Crippen molar-refractivity contribution in [2.45, 2.75) is 25.7 Å². The van der Waals surface area contributed by atoms with Gasteiger partial charge in [0.1, 0.15) is 18.2 Å². The van der Waals surface area contributed by atoms with Gasteiger partial charge in [-0.05, 0) is 31.7 Å². The number of terminal acetylenes is 1. The van der Waals surface area contributed by atoms with E-state index in [1.54, 1.807) is 0 Å². The molecule has 0 unspecified atom stereocenters. The number of amides is 1. The maximum Gasteiger partial charge on any atom is 0.332 e. The maximum absolute atomic E-state index is 14.0. The van der Waals surface area contributed by atoms with Crippen molar-refractivity contribution in [2.24, 2.45) is 0 Å². The number of aliphatic carboxylic acids is 1. The summed E-state index contributed by atoms with van der Waals surface area (Å²) in [7, 11) is 0. The van der Waals surface area contributed by atoms with Gasteiger partial charge in [-0.2, -0.15) is 0 Å². The lowest BCUT2D eigenvalue weighted by Gasteiger charge is -2.18. The van der Waals surface area contributed by atoms with E-state index in [0.29, 0.717) is 25.7 Å². The van der Waals surface area contributed by atoms with E-state index in [4.69, 9.17) is 22.8 Å². The van der Waals surface area contributed by atoms with Gasteiger partial charge >= 0.3 is 5.97 Å². The summed E-state index contributed by atoms with van der Waals surface area (Å²) in [4.78, 5) is 23.6. The van der Waals surface area contributed by atoms with Gasteiger partial charge in [-0.15, -0.1) is 6.42 Å². The van der Waals surface area contributed by atoms with Crippen molar-refractivity contribution in [1.82, 2.24) is 0 Å². The Morgan fingerprint density at radius 1 is 1.33 bits per heavy atom. The second-order valence-electron chi connectivity index (χ2n) is 5.18. The highest BCUT2D eigenvalue weighted by atomic mass is 35.5. The van der Waals surface area contributed by atoms with Crippen LogP contribution in [-0.4, -0.2) is 23.6 Å². The van der Waals surface area contributed by atoms with Crippen LogP contribution in [0.3, 0.4) is 0 Å². The zero-order valence-electron chi connectivity index (χ0n) is 12.7. The number of nitrogens with one attached hydrogen (secondary N) is 1. The molecule has 0 radical (unpaired) electrons. The van der Waals surface area contributed by atoms with Crippen molar-refractivity contribution in [3.8, 4) is 18.1 Å². The van der Waals surface area contributed by atoms with Crippen LogP contribution in [0.25, 0.3) is 0 Å². The molecule has 0 atom stereocenters. The van der Waals surface area contributed by atoms with Crippen molar-refractivity contribution in [3.05, 3.63) is 34.1 Å². The molecule has 1 amide bonds. The number of carbonyl (C=O) groups is 2. The largest absolute Gasteiger partial charge is 0.479 e. The van der Waals surface area contributed by atoms with Gasteiger partial charge in [-0.3, -0.25) is 4.79 Å². The standard InChI is InChI=1S/C17H15ClFNO4/c1-2-7-24-15-9-14(13(19)8-12(15)18)20-16(21)10-5-3-4-6-11(10)17(22)23/h1,8-9H,3-7H2,(H,20,21)(H,22,23). The molecule has 1 aromatic rings. The fourth-order valence-corrected chi connectivity index (χ4v) is 2.65. The second-order valence-corrected chi connectivity index (χ2v) is 5.59. The first-order valence-electron chi connectivity index (χ1n) is 7.26. The third kappa shape index (κ3) is 4.06. The van der Waals surface area contributed by atoms with Crippen LogP contribution in [0.2, 0.25) is 5.02 Å². The normalized spacial score (nSPS) is 14.0. The van der Waals surface area contributed by atoms with Crippen LogP contribution < -0.4 is 10.1 Å². The molecule has 1 aromatic carbocycles. The minimum absolute atomic E-state index is 0.0175. The maximum atomic E-state index is 14.0. The highest BCUT2D eigenvalue weighted by Crippen LogP contribution is 2.32. The number of ether oxygens (including phenoxy) is 1. The predicted octanol–water partition coefficient (Wildman–Crippen LogP) is 3.38. The number of carboxylic acids is 1. The molecule has 2 rings (SSSR count). The molecule has 7 heteroatoms. The van der Waals surface area contributed by atoms with Crippen LogP contribution in [0.4, 0.5) is 10.1 Å². The van der Waals surface area contributed by atoms with Crippen molar-refractivity contribution < 1.29 is 23.8 Å². The van der Waals surface area contributed by atoms with Gasteiger partial charge in [0, 0.05) is 17.2 Å². The molecule has 0 saturated carbocycles. The van der Waals surface area contributed by atoms with E-state index in [-0.39, 0.29) is 34.2 Å². The van der Waals surface area contributed by atoms with Crippen LogP contribution in [0.5, 0.6) is 5.75 Å². The summed E-state index contributed by atoms with van der Waals surface area (Å²) in [6.45, 7) is -0.0624. The molecule has 1 aliphatic rings. The number of benzene rings is 1. The van der Waals surface area contributed by atoms with Crippen molar-refractivity contribution in [2.75, 3.05) is 11.9 Å². The Balaban J connectivity index is 2.28. The first kappa shape index (κ1) is 17.8. The van der Waals surface area contributed by atoms with Gasteiger partial charge in [-0.25, -0.2) is 9.18 Å². The van der Waals surface area contributed by atoms with E-state index < -0.39 is 17.7 Å². The van der Waals surface area contributed by atoms with Gasteiger partial charge in [0.25, 0.3) is 5.91 Å². The molecule has 5 nitrogen and oxygen atoms in total. The minimum Gasteiger partial charge on any atom is -0.479 e. The zero-order valence-corrected chi connectivity index (χ0v) is 13.5. The molecule has 0 spiro atoms. The van der Waals surface area contributed by atoms with E-state index in [9.17, 15) is 19.1 Å².